The molecular formula is C18H21N4O3S+. The zero-order valence-corrected chi connectivity index (χ0v) is 15.5. The first-order valence-electron chi connectivity index (χ1n) is 8.25. The lowest BCUT2D eigenvalue weighted by molar-refractivity contribution is -0.890. The average molecular weight is 373 g/mol. The Bertz CT molecular complexity index is 818. The number of amides is 1. The van der Waals surface area contributed by atoms with Gasteiger partial charge in [-0.1, -0.05) is 42.1 Å². The van der Waals surface area contributed by atoms with Gasteiger partial charge in [0.2, 0.25) is 5.91 Å². The van der Waals surface area contributed by atoms with Gasteiger partial charge in [0.05, 0.1) is 32.7 Å². The van der Waals surface area contributed by atoms with Gasteiger partial charge in [-0.2, -0.15) is 0 Å². The maximum atomic E-state index is 12.2. The monoisotopic (exact) mass is 373 g/mol. The predicted octanol–water partition coefficient (Wildman–Crippen LogP) is 1.42. The number of quaternary nitrogens is 1. The van der Waals surface area contributed by atoms with Gasteiger partial charge in [0, 0.05) is 5.56 Å². The summed E-state index contributed by atoms with van der Waals surface area (Å²) in [6.45, 7) is 0.563. The highest BCUT2D eigenvalue weighted by molar-refractivity contribution is 7.99. The van der Waals surface area contributed by atoms with E-state index >= 15 is 0 Å². The second-order valence-electron chi connectivity index (χ2n) is 5.98. The third-order valence-electron chi connectivity index (χ3n) is 3.87. The first-order chi connectivity index (χ1) is 12.6. The van der Waals surface area contributed by atoms with Crippen LogP contribution in [0, 0.1) is 0 Å². The molecule has 7 nitrogen and oxygen atoms in total. The van der Waals surface area contributed by atoms with Crippen molar-refractivity contribution < 1.29 is 18.5 Å². The number of carbonyl (C=O) groups is 1. The first kappa shape index (κ1) is 18.2. The fourth-order valence-corrected chi connectivity index (χ4v) is 3.10. The fraction of sp³-hybridized carbons (Fsp3) is 0.278. The van der Waals surface area contributed by atoms with Crippen LogP contribution in [0.4, 0.5) is 0 Å². The van der Waals surface area contributed by atoms with E-state index in [1.165, 1.54) is 28.5 Å². The topological polar surface area (TPSA) is 85.6 Å². The largest absolute Gasteiger partial charge is 0.459 e. The SMILES string of the molecule is C[NH+](C)[C@H](CNC(=O)CSc1nnc(-c2ccco2)o1)c1ccccc1. The number of likely N-dealkylation sites (N-methyl/N-ethyl adjacent to an activating group) is 1. The van der Waals surface area contributed by atoms with Crippen LogP contribution < -0.4 is 10.2 Å². The van der Waals surface area contributed by atoms with Crippen molar-refractivity contribution >= 4 is 17.7 Å². The van der Waals surface area contributed by atoms with Crippen molar-refractivity contribution in [3.8, 4) is 11.7 Å². The van der Waals surface area contributed by atoms with Crippen LogP contribution >= 0.6 is 11.8 Å². The highest BCUT2D eigenvalue weighted by Gasteiger charge is 2.19. The number of furan rings is 1. The molecule has 0 unspecified atom stereocenters. The highest BCUT2D eigenvalue weighted by atomic mass is 32.2. The number of nitrogens with one attached hydrogen (secondary N) is 2. The molecule has 2 heterocycles. The molecule has 1 aromatic carbocycles. The van der Waals surface area contributed by atoms with Gasteiger partial charge in [0.1, 0.15) is 6.04 Å². The zero-order valence-electron chi connectivity index (χ0n) is 14.6. The van der Waals surface area contributed by atoms with Crippen molar-refractivity contribution in [2.75, 3.05) is 26.4 Å². The Hall–Kier alpha value is -2.58. The Kier molecular flexibility index (Phi) is 6.08. The van der Waals surface area contributed by atoms with Crippen LogP contribution in [0.25, 0.3) is 11.7 Å². The number of rotatable bonds is 8. The van der Waals surface area contributed by atoms with E-state index in [0.29, 0.717) is 23.4 Å². The van der Waals surface area contributed by atoms with Gasteiger partial charge in [0.25, 0.3) is 11.1 Å². The van der Waals surface area contributed by atoms with E-state index in [0.717, 1.165) is 0 Å². The Labute approximate surface area is 155 Å². The van der Waals surface area contributed by atoms with Crippen LogP contribution in [0.3, 0.4) is 0 Å². The number of carbonyl (C=O) groups excluding carboxylic acids is 1. The molecule has 0 bridgehead atoms. The highest BCUT2D eigenvalue weighted by Crippen LogP contribution is 2.23. The van der Waals surface area contributed by atoms with Crippen LogP contribution in [-0.2, 0) is 4.79 Å². The summed E-state index contributed by atoms with van der Waals surface area (Å²) in [4.78, 5) is 13.4. The fourth-order valence-electron chi connectivity index (χ4n) is 2.50. The first-order valence-corrected chi connectivity index (χ1v) is 9.24. The van der Waals surface area contributed by atoms with E-state index < -0.39 is 0 Å². The summed E-state index contributed by atoms with van der Waals surface area (Å²) < 4.78 is 10.7. The van der Waals surface area contributed by atoms with Crippen molar-refractivity contribution in [3.63, 3.8) is 0 Å². The Morgan fingerprint density at radius 3 is 2.69 bits per heavy atom. The van der Waals surface area contributed by atoms with E-state index in [2.05, 4.69) is 41.7 Å². The molecule has 0 aliphatic carbocycles. The molecule has 8 heteroatoms. The predicted molar refractivity (Wildman–Crippen MR) is 97.7 cm³/mol. The van der Waals surface area contributed by atoms with Crippen LogP contribution in [-0.4, -0.2) is 42.5 Å². The van der Waals surface area contributed by atoms with Crippen LogP contribution in [0.2, 0.25) is 0 Å². The van der Waals surface area contributed by atoms with Crippen molar-refractivity contribution in [1.29, 1.82) is 0 Å². The molecule has 0 fully saturated rings. The summed E-state index contributed by atoms with van der Waals surface area (Å²) in [6.07, 6.45) is 1.54. The van der Waals surface area contributed by atoms with Crippen molar-refractivity contribution in [1.82, 2.24) is 15.5 Å². The van der Waals surface area contributed by atoms with E-state index in [1.54, 1.807) is 12.1 Å². The summed E-state index contributed by atoms with van der Waals surface area (Å²) >= 11 is 1.20. The van der Waals surface area contributed by atoms with Crippen LogP contribution in [0.5, 0.6) is 0 Å². The summed E-state index contributed by atoms with van der Waals surface area (Å²) in [7, 11) is 4.15. The maximum absolute atomic E-state index is 12.2. The number of hydrogen-bond acceptors (Lipinski definition) is 6. The molecule has 0 spiro atoms. The van der Waals surface area contributed by atoms with Gasteiger partial charge in [-0.25, -0.2) is 0 Å². The lowest BCUT2D eigenvalue weighted by atomic mass is 10.1. The summed E-state index contributed by atoms with van der Waals surface area (Å²) in [6, 6.07) is 13.8. The molecule has 0 saturated carbocycles. The van der Waals surface area contributed by atoms with Gasteiger partial charge in [-0.15, -0.1) is 10.2 Å². The quantitative estimate of drug-likeness (QED) is 0.581. The lowest BCUT2D eigenvalue weighted by Crippen LogP contribution is -3.07. The van der Waals surface area contributed by atoms with E-state index in [4.69, 9.17) is 8.83 Å². The molecule has 2 aromatic heterocycles. The molecule has 3 rings (SSSR count). The summed E-state index contributed by atoms with van der Waals surface area (Å²) in [5, 5.41) is 11.1. The van der Waals surface area contributed by atoms with Crippen molar-refractivity contribution in [3.05, 3.63) is 54.3 Å². The van der Waals surface area contributed by atoms with Crippen molar-refractivity contribution in [2.24, 2.45) is 0 Å². The Morgan fingerprint density at radius 1 is 1.19 bits per heavy atom. The van der Waals surface area contributed by atoms with Crippen LogP contribution in [0.15, 0.2) is 62.8 Å². The molecule has 3 aromatic rings. The number of benzene rings is 1. The number of thioether (sulfide) groups is 1. The van der Waals surface area contributed by atoms with E-state index in [9.17, 15) is 4.79 Å². The summed E-state index contributed by atoms with van der Waals surface area (Å²) in [5.41, 5.74) is 1.19. The lowest BCUT2D eigenvalue weighted by Gasteiger charge is -2.22. The second-order valence-corrected chi connectivity index (χ2v) is 6.91. The molecule has 0 aliphatic heterocycles. The molecular weight excluding hydrogens is 352 g/mol. The van der Waals surface area contributed by atoms with Gasteiger partial charge in [-0.3, -0.25) is 4.79 Å². The smallest absolute Gasteiger partial charge is 0.284 e. The van der Waals surface area contributed by atoms with Crippen molar-refractivity contribution in [2.45, 2.75) is 11.3 Å². The third kappa shape index (κ3) is 4.74. The third-order valence-corrected chi connectivity index (χ3v) is 4.69. The number of aromatic nitrogens is 2. The molecule has 136 valence electrons. The minimum atomic E-state index is -0.0741. The minimum Gasteiger partial charge on any atom is -0.459 e. The molecule has 2 N–H and O–H groups in total. The molecule has 0 radical (unpaired) electrons. The van der Waals surface area contributed by atoms with E-state index in [1.807, 2.05) is 18.2 Å². The van der Waals surface area contributed by atoms with Gasteiger partial charge in [-0.05, 0) is 12.1 Å². The molecule has 1 amide bonds. The van der Waals surface area contributed by atoms with Gasteiger partial charge < -0.3 is 19.1 Å². The Morgan fingerprint density at radius 2 is 2.00 bits per heavy atom. The van der Waals surface area contributed by atoms with Gasteiger partial charge in [0.15, 0.2) is 5.76 Å². The standard InChI is InChI=1S/C18H20N4O3S/c1-22(2)14(13-7-4-3-5-8-13)11-19-16(23)12-26-18-21-20-17(25-18)15-9-6-10-24-15/h3-10,14H,11-12H2,1-2H3,(H,19,23)/p+1/t14-/m1/s1. The summed E-state index contributed by atoms with van der Waals surface area (Å²) in [5.74, 6) is 0.950. The zero-order chi connectivity index (χ0) is 18.4. The maximum Gasteiger partial charge on any atom is 0.284 e. The molecule has 26 heavy (non-hydrogen) atoms. The molecule has 0 saturated heterocycles. The van der Waals surface area contributed by atoms with Crippen LogP contribution in [0.1, 0.15) is 11.6 Å². The molecule has 0 aliphatic rings. The normalized spacial score (nSPS) is 12.3. The second kappa shape index (κ2) is 8.68. The van der Waals surface area contributed by atoms with Gasteiger partial charge >= 0.3 is 0 Å². The minimum absolute atomic E-state index is 0.0741. The molecule has 1 atom stereocenters. The number of hydrogen-bond donors (Lipinski definition) is 2. The Balaban J connectivity index is 1.49. The van der Waals surface area contributed by atoms with E-state index in [-0.39, 0.29) is 17.7 Å². The number of nitrogens with zero attached hydrogens (tertiary/aromatic N) is 2. The average Bonchev–Trinajstić information content (AvgIpc) is 3.32.